The van der Waals surface area contributed by atoms with Crippen molar-refractivity contribution in [2.24, 2.45) is 0 Å². The van der Waals surface area contributed by atoms with Gasteiger partial charge in [-0.1, -0.05) is 12.1 Å². The van der Waals surface area contributed by atoms with Crippen LogP contribution in [0.4, 0.5) is 4.39 Å². The molecule has 0 saturated carbocycles. The molecule has 0 saturated heterocycles. The third-order valence-electron chi connectivity index (χ3n) is 2.81. The SMILES string of the molecule is O=C(O)c1ccc(S(=O)(=O)Cc2ccc(O)cc2)c(F)c1. The van der Waals surface area contributed by atoms with Crippen molar-refractivity contribution in [1.29, 1.82) is 0 Å². The second-order valence-electron chi connectivity index (χ2n) is 4.38. The molecule has 0 aliphatic heterocycles. The van der Waals surface area contributed by atoms with Crippen LogP contribution in [0.15, 0.2) is 47.4 Å². The molecule has 21 heavy (non-hydrogen) atoms. The van der Waals surface area contributed by atoms with Crippen LogP contribution in [0.5, 0.6) is 5.75 Å². The monoisotopic (exact) mass is 310 g/mol. The van der Waals surface area contributed by atoms with Gasteiger partial charge in [-0.25, -0.2) is 17.6 Å². The normalized spacial score (nSPS) is 11.3. The van der Waals surface area contributed by atoms with Gasteiger partial charge in [-0.15, -0.1) is 0 Å². The van der Waals surface area contributed by atoms with Gasteiger partial charge in [0.25, 0.3) is 0 Å². The highest BCUT2D eigenvalue weighted by Crippen LogP contribution is 2.22. The van der Waals surface area contributed by atoms with E-state index in [0.29, 0.717) is 11.6 Å². The Balaban J connectivity index is 2.35. The Labute approximate surface area is 120 Å². The van der Waals surface area contributed by atoms with E-state index in [4.69, 9.17) is 10.2 Å². The van der Waals surface area contributed by atoms with Crippen LogP contribution in [-0.4, -0.2) is 24.6 Å². The largest absolute Gasteiger partial charge is 0.508 e. The molecular formula is C14H11FO5S. The van der Waals surface area contributed by atoms with Crippen molar-refractivity contribution >= 4 is 15.8 Å². The lowest BCUT2D eigenvalue weighted by molar-refractivity contribution is 0.0696. The first-order chi connectivity index (χ1) is 9.79. The quantitative estimate of drug-likeness (QED) is 0.903. The number of benzene rings is 2. The van der Waals surface area contributed by atoms with Crippen LogP contribution in [0.1, 0.15) is 15.9 Å². The lowest BCUT2D eigenvalue weighted by Gasteiger charge is -2.07. The molecule has 0 aromatic heterocycles. The smallest absolute Gasteiger partial charge is 0.335 e. The first-order valence-electron chi connectivity index (χ1n) is 5.83. The minimum Gasteiger partial charge on any atom is -0.508 e. The number of phenolic OH excluding ortho intramolecular Hbond substituents is 1. The number of hydrogen-bond acceptors (Lipinski definition) is 4. The van der Waals surface area contributed by atoms with E-state index in [1.54, 1.807) is 0 Å². The van der Waals surface area contributed by atoms with Crippen molar-refractivity contribution in [3.63, 3.8) is 0 Å². The van der Waals surface area contributed by atoms with E-state index in [2.05, 4.69) is 0 Å². The van der Waals surface area contributed by atoms with Gasteiger partial charge in [0.1, 0.15) is 16.5 Å². The molecule has 0 fully saturated rings. The van der Waals surface area contributed by atoms with E-state index >= 15 is 0 Å². The summed E-state index contributed by atoms with van der Waals surface area (Å²) >= 11 is 0. The van der Waals surface area contributed by atoms with Gasteiger partial charge in [-0.2, -0.15) is 0 Å². The first-order valence-corrected chi connectivity index (χ1v) is 7.48. The second kappa shape index (κ2) is 5.53. The lowest BCUT2D eigenvalue weighted by atomic mass is 10.2. The summed E-state index contributed by atoms with van der Waals surface area (Å²) in [4.78, 5) is 10.1. The summed E-state index contributed by atoms with van der Waals surface area (Å²) in [7, 11) is -3.95. The highest BCUT2D eigenvalue weighted by atomic mass is 32.2. The molecule has 2 N–H and O–H groups in total. The van der Waals surface area contributed by atoms with Crippen LogP contribution in [0, 0.1) is 5.82 Å². The van der Waals surface area contributed by atoms with Crippen LogP contribution in [-0.2, 0) is 15.6 Å². The number of rotatable bonds is 4. The van der Waals surface area contributed by atoms with Crippen LogP contribution in [0.25, 0.3) is 0 Å². The molecule has 0 bridgehead atoms. The zero-order valence-electron chi connectivity index (χ0n) is 10.7. The van der Waals surface area contributed by atoms with Gasteiger partial charge in [0.15, 0.2) is 9.84 Å². The topological polar surface area (TPSA) is 91.7 Å². The summed E-state index contributed by atoms with van der Waals surface area (Å²) in [5, 5.41) is 17.9. The molecule has 0 radical (unpaired) electrons. The first kappa shape index (κ1) is 15.0. The molecule has 0 aliphatic carbocycles. The van der Waals surface area contributed by atoms with Gasteiger partial charge in [-0.3, -0.25) is 0 Å². The van der Waals surface area contributed by atoms with Gasteiger partial charge >= 0.3 is 5.97 Å². The number of aromatic carboxylic acids is 1. The number of carboxylic acid groups (broad SMARTS) is 1. The van der Waals surface area contributed by atoms with Gasteiger partial charge in [-0.05, 0) is 35.9 Å². The Morgan fingerprint density at radius 2 is 1.71 bits per heavy atom. The molecular weight excluding hydrogens is 299 g/mol. The van der Waals surface area contributed by atoms with Gasteiger partial charge in [0.05, 0.1) is 11.3 Å². The molecule has 0 spiro atoms. The van der Waals surface area contributed by atoms with Crippen molar-refractivity contribution in [2.75, 3.05) is 0 Å². The third kappa shape index (κ3) is 3.38. The third-order valence-corrected chi connectivity index (χ3v) is 4.52. The van der Waals surface area contributed by atoms with E-state index in [9.17, 15) is 17.6 Å². The number of aromatic hydroxyl groups is 1. The average molecular weight is 310 g/mol. The Kier molecular flexibility index (Phi) is 3.95. The van der Waals surface area contributed by atoms with Gasteiger partial charge in [0, 0.05) is 0 Å². The summed E-state index contributed by atoms with van der Waals surface area (Å²) in [5.41, 5.74) is 0.0607. The maximum absolute atomic E-state index is 13.8. The van der Waals surface area contributed by atoms with Crippen molar-refractivity contribution < 1.29 is 27.8 Å². The summed E-state index contributed by atoms with van der Waals surface area (Å²) in [5.74, 6) is -2.89. The summed E-state index contributed by atoms with van der Waals surface area (Å²) in [6.07, 6.45) is 0. The standard InChI is InChI=1S/C14H11FO5S/c15-12-7-10(14(17)18)3-6-13(12)21(19,20)8-9-1-4-11(16)5-2-9/h1-7,16H,8H2,(H,17,18). The fraction of sp³-hybridized carbons (Fsp3) is 0.0714. The molecule has 0 heterocycles. The average Bonchev–Trinajstić information content (AvgIpc) is 2.40. The van der Waals surface area contributed by atoms with Crippen LogP contribution >= 0.6 is 0 Å². The van der Waals surface area contributed by atoms with Crippen molar-refractivity contribution in [2.45, 2.75) is 10.6 Å². The van der Waals surface area contributed by atoms with E-state index in [1.165, 1.54) is 24.3 Å². The Bertz CT molecular complexity index is 782. The number of sulfone groups is 1. The predicted octanol–water partition coefficient (Wildman–Crippen LogP) is 2.20. The molecule has 110 valence electrons. The zero-order chi connectivity index (χ0) is 15.6. The van der Waals surface area contributed by atoms with Crippen LogP contribution in [0.3, 0.4) is 0 Å². The van der Waals surface area contributed by atoms with Crippen LogP contribution in [0.2, 0.25) is 0 Å². The van der Waals surface area contributed by atoms with Gasteiger partial charge in [0.2, 0.25) is 0 Å². The molecule has 0 amide bonds. The zero-order valence-corrected chi connectivity index (χ0v) is 11.5. The van der Waals surface area contributed by atoms with E-state index in [1.807, 2.05) is 0 Å². The molecule has 7 heteroatoms. The van der Waals surface area contributed by atoms with E-state index in [0.717, 1.165) is 12.1 Å². The number of carboxylic acids is 1. The number of hydrogen-bond donors (Lipinski definition) is 2. The number of phenols is 1. The van der Waals surface area contributed by atoms with Crippen molar-refractivity contribution in [3.05, 3.63) is 59.4 Å². The summed E-state index contributed by atoms with van der Waals surface area (Å²) < 4.78 is 38.1. The molecule has 0 aliphatic rings. The highest BCUT2D eigenvalue weighted by molar-refractivity contribution is 7.90. The Morgan fingerprint density at radius 1 is 1.10 bits per heavy atom. The number of halogens is 1. The molecule has 5 nitrogen and oxygen atoms in total. The fourth-order valence-electron chi connectivity index (χ4n) is 1.78. The van der Waals surface area contributed by atoms with Gasteiger partial charge < -0.3 is 10.2 Å². The minimum absolute atomic E-state index is 0.00635. The number of carbonyl (C=O) groups is 1. The van der Waals surface area contributed by atoms with Crippen molar-refractivity contribution in [1.82, 2.24) is 0 Å². The maximum Gasteiger partial charge on any atom is 0.335 e. The summed E-state index contributed by atoms with van der Waals surface area (Å²) in [6.45, 7) is 0. The lowest BCUT2D eigenvalue weighted by Crippen LogP contribution is -2.08. The Hall–Kier alpha value is -2.41. The van der Waals surface area contributed by atoms with E-state index < -0.39 is 32.3 Å². The van der Waals surface area contributed by atoms with E-state index in [-0.39, 0.29) is 11.3 Å². The molecule has 2 aromatic rings. The fourth-order valence-corrected chi connectivity index (χ4v) is 3.19. The van der Waals surface area contributed by atoms with Crippen LogP contribution < -0.4 is 0 Å². The molecule has 2 rings (SSSR count). The maximum atomic E-state index is 13.8. The molecule has 0 unspecified atom stereocenters. The summed E-state index contributed by atoms with van der Waals surface area (Å²) in [6, 6.07) is 8.13. The second-order valence-corrected chi connectivity index (χ2v) is 6.33. The molecule has 0 atom stereocenters. The highest BCUT2D eigenvalue weighted by Gasteiger charge is 2.21. The minimum atomic E-state index is -3.95. The molecule has 2 aromatic carbocycles. The van der Waals surface area contributed by atoms with Crippen molar-refractivity contribution in [3.8, 4) is 5.75 Å². The predicted molar refractivity (Wildman–Crippen MR) is 72.4 cm³/mol. The Morgan fingerprint density at radius 3 is 2.24 bits per heavy atom.